The molecule has 0 saturated carbocycles. The summed E-state index contributed by atoms with van der Waals surface area (Å²) in [5.41, 5.74) is -0.307. The third kappa shape index (κ3) is 6.11. The molecule has 0 aromatic heterocycles. The van der Waals surface area contributed by atoms with Crippen molar-refractivity contribution in [2.24, 2.45) is 5.92 Å². The van der Waals surface area contributed by atoms with Crippen LogP contribution in [0.1, 0.15) is 25.8 Å². The number of benzene rings is 1. The van der Waals surface area contributed by atoms with Gasteiger partial charge in [0, 0.05) is 31.9 Å². The van der Waals surface area contributed by atoms with E-state index in [1.54, 1.807) is 24.8 Å². The fraction of sp³-hybridized carbons (Fsp3) is 0.550. The number of hydrogen-bond acceptors (Lipinski definition) is 6. The van der Waals surface area contributed by atoms with Gasteiger partial charge in [-0.3, -0.25) is 14.4 Å². The number of ether oxygens (including phenoxy) is 2. The van der Waals surface area contributed by atoms with Crippen LogP contribution in [0.4, 0.5) is 18.9 Å². The summed E-state index contributed by atoms with van der Waals surface area (Å²) in [5.74, 6) is -3.37. The standard InChI is InChI=1S/C20H25F3N2O5/c1-3-29-18(27)16(19(28)30-4-2)13-17(26)25-10-8-24(9-11-25)15-7-5-6-14(12-15)20(21,22)23/h5-7,12,16H,3-4,8-11,13H2,1-2H3. The van der Waals surface area contributed by atoms with Gasteiger partial charge in [0.15, 0.2) is 5.92 Å². The van der Waals surface area contributed by atoms with E-state index < -0.39 is 35.5 Å². The minimum atomic E-state index is -4.43. The summed E-state index contributed by atoms with van der Waals surface area (Å²) in [6, 6.07) is 5.02. The molecule has 1 aliphatic heterocycles. The third-order valence-electron chi connectivity index (χ3n) is 4.69. The Bertz CT molecular complexity index is 743. The molecule has 0 aliphatic carbocycles. The molecular weight excluding hydrogens is 405 g/mol. The Morgan fingerprint density at radius 2 is 1.57 bits per heavy atom. The molecule has 30 heavy (non-hydrogen) atoms. The average molecular weight is 430 g/mol. The molecule has 0 bridgehead atoms. The summed E-state index contributed by atoms with van der Waals surface area (Å²) >= 11 is 0. The topological polar surface area (TPSA) is 76.2 Å². The van der Waals surface area contributed by atoms with Crippen molar-refractivity contribution >= 4 is 23.5 Å². The molecule has 1 saturated heterocycles. The highest BCUT2D eigenvalue weighted by Gasteiger charge is 2.35. The first-order chi connectivity index (χ1) is 14.2. The zero-order valence-electron chi connectivity index (χ0n) is 16.9. The normalized spacial score (nSPS) is 14.6. The summed E-state index contributed by atoms with van der Waals surface area (Å²) < 4.78 is 48.5. The van der Waals surface area contributed by atoms with Crippen LogP contribution in [0.5, 0.6) is 0 Å². The van der Waals surface area contributed by atoms with E-state index in [1.165, 1.54) is 11.0 Å². The maximum Gasteiger partial charge on any atom is 0.416 e. The third-order valence-corrected chi connectivity index (χ3v) is 4.69. The molecule has 0 spiro atoms. The zero-order valence-corrected chi connectivity index (χ0v) is 16.9. The van der Waals surface area contributed by atoms with Gasteiger partial charge in [0.1, 0.15) is 0 Å². The van der Waals surface area contributed by atoms with E-state index in [2.05, 4.69) is 0 Å². The van der Waals surface area contributed by atoms with Crippen molar-refractivity contribution < 1.29 is 37.0 Å². The van der Waals surface area contributed by atoms with Crippen LogP contribution in [0.25, 0.3) is 0 Å². The average Bonchev–Trinajstić information content (AvgIpc) is 2.71. The van der Waals surface area contributed by atoms with Gasteiger partial charge in [-0.1, -0.05) is 6.07 Å². The Hall–Kier alpha value is -2.78. The molecule has 1 fully saturated rings. The van der Waals surface area contributed by atoms with Gasteiger partial charge >= 0.3 is 18.1 Å². The van der Waals surface area contributed by atoms with Crippen molar-refractivity contribution in [1.82, 2.24) is 4.90 Å². The predicted molar refractivity (Wildman–Crippen MR) is 102 cm³/mol. The van der Waals surface area contributed by atoms with E-state index in [4.69, 9.17) is 9.47 Å². The lowest BCUT2D eigenvalue weighted by Gasteiger charge is -2.36. The highest BCUT2D eigenvalue weighted by molar-refractivity contribution is 5.98. The van der Waals surface area contributed by atoms with Crippen LogP contribution < -0.4 is 4.90 Å². The lowest BCUT2D eigenvalue weighted by molar-refractivity contribution is -0.164. The number of piperazine rings is 1. The molecule has 1 aromatic rings. The van der Waals surface area contributed by atoms with Gasteiger partial charge < -0.3 is 19.3 Å². The second-order valence-corrected chi connectivity index (χ2v) is 6.68. The molecule has 10 heteroatoms. The summed E-state index contributed by atoms with van der Waals surface area (Å²) in [6.45, 7) is 4.50. The highest BCUT2D eigenvalue weighted by atomic mass is 19.4. The van der Waals surface area contributed by atoms with Crippen LogP contribution in [0.3, 0.4) is 0 Å². The summed E-state index contributed by atoms with van der Waals surface area (Å²) in [4.78, 5) is 39.9. The van der Waals surface area contributed by atoms with Gasteiger partial charge in [-0.25, -0.2) is 0 Å². The molecule has 1 aromatic carbocycles. The fourth-order valence-electron chi connectivity index (χ4n) is 3.15. The Labute approximate surface area is 172 Å². The number of hydrogen-bond donors (Lipinski definition) is 0. The molecule has 0 unspecified atom stereocenters. The number of alkyl halides is 3. The number of esters is 2. The first-order valence-corrected chi connectivity index (χ1v) is 9.70. The van der Waals surface area contributed by atoms with Crippen LogP contribution in [0, 0.1) is 5.92 Å². The number of rotatable bonds is 7. The van der Waals surface area contributed by atoms with Crippen molar-refractivity contribution in [3.63, 3.8) is 0 Å². The van der Waals surface area contributed by atoms with E-state index >= 15 is 0 Å². The van der Waals surface area contributed by atoms with Crippen molar-refractivity contribution in [1.29, 1.82) is 0 Å². The number of carbonyl (C=O) groups excluding carboxylic acids is 3. The van der Waals surface area contributed by atoms with Crippen molar-refractivity contribution in [2.45, 2.75) is 26.4 Å². The van der Waals surface area contributed by atoms with Crippen LogP contribution in [0.2, 0.25) is 0 Å². The fourth-order valence-corrected chi connectivity index (χ4v) is 3.15. The van der Waals surface area contributed by atoms with Crippen molar-refractivity contribution in [2.75, 3.05) is 44.3 Å². The molecule has 0 atom stereocenters. The zero-order chi connectivity index (χ0) is 22.3. The van der Waals surface area contributed by atoms with Crippen molar-refractivity contribution in [3.8, 4) is 0 Å². The SMILES string of the molecule is CCOC(=O)C(CC(=O)N1CCN(c2cccc(C(F)(F)F)c2)CC1)C(=O)OCC. The molecule has 1 aliphatic rings. The monoisotopic (exact) mass is 430 g/mol. The van der Waals surface area contributed by atoms with Crippen LogP contribution >= 0.6 is 0 Å². The summed E-state index contributed by atoms with van der Waals surface area (Å²) in [7, 11) is 0. The molecule has 0 N–H and O–H groups in total. The van der Waals surface area contributed by atoms with Gasteiger partial charge in [-0.15, -0.1) is 0 Å². The van der Waals surface area contributed by atoms with E-state index in [-0.39, 0.29) is 32.7 Å². The molecular formula is C20H25F3N2O5. The molecule has 0 radical (unpaired) electrons. The molecule has 1 heterocycles. The number of anilines is 1. The Balaban J connectivity index is 1.99. The van der Waals surface area contributed by atoms with Crippen LogP contribution in [-0.2, 0) is 30.0 Å². The highest BCUT2D eigenvalue weighted by Crippen LogP contribution is 2.32. The van der Waals surface area contributed by atoms with E-state index in [9.17, 15) is 27.6 Å². The van der Waals surface area contributed by atoms with E-state index in [1.807, 2.05) is 0 Å². The number of amides is 1. The van der Waals surface area contributed by atoms with Gasteiger partial charge in [0.05, 0.1) is 25.2 Å². The molecule has 166 valence electrons. The minimum Gasteiger partial charge on any atom is -0.465 e. The van der Waals surface area contributed by atoms with Gasteiger partial charge in [0.2, 0.25) is 5.91 Å². The molecule has 2 rings (SSSR count). The Morgan fingerprint density at radius 3 is 2.07 bits per heavy atom. The Kier molecular flexibility index (Phi) is 8.08. The minimum absolute atomic E-state index is 0.0680. The Morgan fingerprint density at radius 1 is 1.00 bits per heavy atom. The smallest absolute Gasteiger partial charge is 0.416 e. The second kappa shape index (κ2) is 10.3. The van der Waals surface area contributed by atoms with E-state index in [0.717, 1.165) is 12.1 Å². The quantitative estimate of drug-likeness (QED) is 0.489. The second-order valence-electron chi connectivity index (χ2n) is 6.68. The first kappa shape index (κ1) is 23.5. The van der Waals surface area contributed by atoms with Gasteiger partial charge in [-0.2, -0.15) is 13.2 Å². The lowest BCUT2D eigenvalue weighted by Crippen LogP contribution is -2.49. The summed E-state index contributed by atoms with van der Waals surface area (Å²) in [6.07, 6.45) is -4.80. The molecule has 7 nitrogen and oxygen atoms in total. The van der Waals surface area contributed by atoms with E-state index in [0.29, 0.717) is 18.8 Å². The predicted octanol–water partition coefficient (Wildman–Crippen LogP) is 2.49. The van der Waals surface area contributed by atoms with Gasteiger partial charge in [0.25, 0.3) is 0 Å². The number of nitrogens with zero attached hydrogens (tertiary/aromatic N) is 2. The first-order valence-electron chi connectivity index (χ1n) is 9.70. The maximum atomic E-state index is 12.9. The molecule has 1 amide bonds. The number of carbonyl (C=O) groups is 3. The van der Waals surface area contributed by atoms with Crippen LogP contribution in [-0.4, -0.2) is 62.1 Å². The van der Waals surface area contributed by atoms with Crippen LogP contribution in [0.15, 0.2) is 24.3 Å². The maximum absolute atomic E-state index is 12.9. The van der Waals surface area contributed by atoms with Gasteiger partial charge in [-0.05, 0) is 32.0 Å². The summed E-state index contributed by atoms with van der Waals surface area (Å²) in [5, 5.41) is 0. The lowest BCUT2D eigenvalue weighted by atomic mass is 10.0. The largest absolute Gasteiger partial charge is 0.465 e. The van der Waals surface area contributed by atoms with Crippen molar-refractivity contribution in [3.05, 3.63) is 29.8 Å². The number of halogens is 3.